The van der Waals surface area contributed by atoms with Gasteiger partial charge < -0.3 is 9.88 Å². The van der Waals surface area contributed by atoms with Gasteiger partial charge in [-0.15, -0.1) is 5.92 Å². The molecule has 0 spiro atoms. The summed E-state index contributed by atoms with van der Waals surface area (Å²) < 4.78 is 1.88. The van der Waals surface area contributed by atoms with Crippen LogP contribution in [0.4, 0.5) is 0 Å². The van der Waals surface area contributed by atoms with Gasteiger partial charge in [-0.2, -0.15) is 0 Å². The van der Waals surface area contributed by atoms with E-state index in [1.807, 2.05) is 78.2 Å². The van der Waals surface area contributed by atoms with Gasteiger partial charge in [0.1, 0.15) is 5.56 Å². The number of nitrogens with zero attached hydrogens (tertiary/aromatic N) is 1. The lowest BCUT2D eigenvalue weighted by Gasteiger charge is -2.14. The van der Waals surface area contributed by atoms with Gasteiger partial charge in [-0.05, 0) is 49.7 Å². The van der Waals surface area contributed by atoms with Crippen LogP contribution >= 0.6 is 0 Å². The number of aromatic nitrogens is 1. The minimum atomic E-state index is -0.399. The lowest BCUT2D eigenvalue weighted by Crippen LogP contribution is -2.29. The fourth-order valence-electron chi connectivity index (χ4n) is 3.50. The minimum absolute atomic E-state index is 0.102. The number of hydrogen-bond acceptors (Lipinski definition) is 2. The smallest absolute Gasteiger partial charge is 0.257 e. The predicted molar refractivity (Wildman–Crippen MR) is 124 cm³/mol. The fourth-order valence-corrected chi connectivity index (χ4v) is 3.50. The van der Waals surface area contributed by atoms with Gasteiger partial charge in [0.05, 0.1) is 5.52 Å². The van der Waals surface area contributed by atoms with E-state index >= 15 is 0 Å². The van der Waals surface area contributed by atoms with Crippen molar-refractivity contribution in [1.29, 1.82) is 0 Å². The summed E-state index contributed by atoms with van der Waals surface area (Å²) in [6.45, 7) is 4.12. The number of para-hydroxylation sites is 1. The molecule has 0 aliphatic rings. The minimum Gasteiger partial charge on any atom is -0.348 e. The Morgan fingerprint density at radius 1 is 1.00 bits per heavy atom. The van der Waals surface area contributed by atoms with E-state index in [1.54, 1.807) is 19.2 Å². The lowest BCUT2D eigenvalue weighted by atomic mass is 10.1. The summed E-state index contributed by atoms with van der Waals surface area (Å²) in [6, 6.07) is 23.1. The molecule has 0 saturated heterocycles. The second-order valence-corrected chi connectivity index (χ2v) is 7.35. The maximum Gasteiger partial charge on any atom is 0.257 e. The van der Waals surface area contributed by atoms with Crippen LogP contribution in [0.3, 0.4) is 0 Å². The lowest BCUT2D eigenvalue weighted by molar-refractivity contribution is 0.0949. The van der Waals surface area contributed by atoms with E-state index in [-0.39, 0.29) is 11.0 Å². The zero-order valence-corrected chi connectivity index (χ0v) is 17.5. The van der Waals surface area contributed by atoms with Crippen LogP contribution in [0.1, 0.15) is 34.0 Å². The molecule has 0 unspecified atom stereocenters. The van der Waals surface area contributed by atoms with Crippen LogP contribution in [0, 0.1) is 18.8 Å². The van der Waals surface area contributed by atoms with Gasteiger partial charge in [0.2, 0.25) is 5.43 Å². The number of hydrogen-bond donors (Lipinski definition) is 1. The van der Waals surface area contributed by atoms with E-state index in [0.717, 1.165) is 27.9 Å². The molecule has 1 N–H and O–H groups in total. The molecule has 0 aliphatic carbocycles. The topological polar surface area (TPSA) is 51.1 Å². The molecule has 0 atom stereocenters. The number of carbonyl (C=O) groups is 1. The Labute approximate surface area is 181 Å². The average Bonchev–Trinajstić information content (AvgIpc) is 2.80. The van der Waals surface area contributed by atoms with Crippen LogP contribution in [0.25, 0.3) is 16.6 Å². The summed E-state index contributed by atoms with van der Waals surface area (Å²) in [5.74, 6) is 5.44. The monoisotopic (exact) mass is 406 g/mol. The number of nitrogens with one attached hydrogen (secondary N) is 1. The van der Waals surface area contributed by atoms with Crippen molar-refractivity contribution in [3.63, 3.8) is 0 Å². The van der Waals surface area contributed by atoms with Crippen molar-refractivity contribution in [3.05, 3.63) is 111 Å². The van der Waals surface area contributed by atoms with E-state index in [1.165, 1.54) is 0 Å². The van der Waals surface area contributed by atoms with Crippen molar-refractivity contribution in [1.82, 2.24) is 9.88 Å². The number of rotatable bonds is 4. The van der Waals surface area contributed by atoms with Crippen molar-refractivity contribution >= 4 is 16.8 Å². The highest BCUT2D eigenvalue weighted by Crippen LogP contribution is 2.19. The molecule has 31 heavy (non-hydrogen) atoms. The van der Waals surface area contributed by atoms with Crippen molar-refractivity contribution in [2.75, 3.05) is 0 Å². The highest BCUT2D eigenvalue weighted by atomic mass is 16.2. The third-order valence-electron chi connectivity index (χ3n) is 5.13. The Balaban J connectivity index is 1.80. The van der Waals surface area contributed by atoms with Gasteiger partial charge in [0, 0.05) is 29.4 Å². The Bertz CT molecular complexity index is 1370. The summed E-state index contributed by atoms with van der Waals surface area (Å²) >= 11 is 0. The SMILES string of the molecule is CC#Cc1ccc2c(c1)c(=O)c(C(=O)NCc1ccc(C)cc1)cn2-c1ccccc1. The number of fused-ring (bicyclic) bond motifs is 1. The van der Waals surface area contributed by atoms with Gasteiger partial charge in [-0.25, -0.2) is 0 Å². The summed E-state index contributed by atoms with van der Waals surface area (Å²) in [7, 11) is 0. The highest BCUT2D eigenvalue weighted by Gasteiger charge is 2.16. The van der Waals surface area contributed by atoms with Crippen LogP contribution in [-0.4, -0.2) is 10.5 Å². The van der Waals surface area contributed by atoms with E-state index in [4.69, 9.17) is 0 Å². The molecular weight excluding hydrogens is 384 g/mol. The maximum atomic E-state index is 13.2. The van der Waals surface area contributed by atoms with Crippen molar-refractivity contribution < 1.29 is 4.79 Å². The quantitative estimate of drug-likeness (QED) is 0.504. The first-order chi connectivity index (χ1) is 15.1. The summed E-state index contributed by atoms with van der Waals surface area (Å²) in [4.78, 5) is 26.2. The van der Waals surface area contributed by atoms with Crippen LogP contribution in [0.5, 0.6) is 0 Å². The maximum absolute atomic E-state index is 13.2. The van der Waals surface area contributed by atoms with Crippen molar-refractivity contribution in [2.24, 2.45) is 0 Å². The predicted octanol–water partition coefficient (Wildman–Crippen LogP) is 4.60. The molecule has 1 aromatic heterocycles. The standard InChI is InChI=1S/C27H22N2O2/c1-3-7-20-14-15-25-23(16-20)26(30)24(18-29(25)22-8-5-4-6-9-22)27(31)28-17-21-12-10-19(2)11-13-21/h4-6,8-16,18H,17H2,1-2H3,(H,28,31). The molecule has 1 amide bonds. The van der Waals surface area contributed by atoms with Gasteiger partial charge >= 0.3 is 0 Å². The van der Waals surface area contributed by atoms with Gasteiger partial charge in [0.25, 0.3) is 5.91 Å². The average molecular weight is 406 g/mol. The van der Waals surface area contributed by atoms with E-state index < -0.39 is 5.91 Å². The Morgan fingerprint density at radius 2 is 1.74 bits per heavy atom. The third-order valence-corrected chi connectivity index (χ3v) is 5.13. The molecule has 1 heterocycles. The zero-order valence-electron chi connectivity index (χ0n) is 17.5. The normalized spacial score (nSPS) is 10.4. The Morgan fingerprint density at radius 3 is 2.45 bits per heavy atom. The second kappa shape index (κ2) is 8.73. The van der Waals surface area contributed by atoms with Crippen LogP contribution in [0.2, 0.25) is 0 Å². The van der Waals surface area contributed by atoms with Crippen molar-refractivity contribution in [3.8, 4) is 17.5 Å². The van der Waals surface area contributed by atoms with Crippen molar-refractivity contribution in [2.45, 2.75) is 20.4 Å². The molecule has 4 nitrogen and oxygen atoms in total. The van der Waals surface area contributed by atoms with E-state index in [2.05, 4.69) is 17.2 Å². The molecule has 4 heteroatoms. The van der Waals surface area contributed by atoms with Gasteiger partial charge in [-0.1, -0.05) is 53.9 Å². The second-order valence-electron chi connectivity index (χ2n) is 7.35. The molecule has 152 valence electrons. The number of amides is 1. The Hall–Kier alpha value is -4.10. The van der Waals surface area contributed by atoms with Crippen LogP contribution < -0.4 is 10.7 Å². The molecule has 0 fully saturated rings. The first-order valence-corrected chi connectivity index (χ1v) is 10.1. The first-order valence-electron chi connectivity index (χ1n) is 10.1. The van der Waals surface area contributed by atoms with Crippen LogP contribution in [0.15, 0.2) is 83.8 Å². The van der Waals surface area contributed by atoms with E-state index in [0.29, 0.717) is 11.9 Å². The summed E-state index contributed by atoms with van der Waals surface area (Å²) in [5.41, 5.74) is 4.27. The molecular formula is C27H22N2O2. The number of carbonyl (C=O) groups excluding carboxylic acids is 1. The molecule has 4 aromatic rings. The molecule has 0 aliphatic heterocycles. The third kappa shape index (κ3) is 4.26. The fraction of sp³-hybridized carbons (Fsp3) is 0.111. The van der Waals surface area contributed by atoms with Gasteiger partial charge in [0.15, 0.2) is 0 Å². The summed E-state index contributed by atoms with van der Waals surface area (Å²) in [6.07, 6.45) is 1.62. The van der Waals surface area contributed by atoms with Gasteiger partial charge in [-0.3, -0.25) is 9.59 Å². The largest absolute Gasteiger partial charge is 0.348 e. The Kier molecular flexibility index (Phi) is 5.68. The number of benzene rings is 3. The number of pyridine rings is 1. The molecule has 0 bridgehead atoms. The highest BCUT2D eigenvalue weighted by molar-refractivity contribution is 5.98. The molecule has 0 radical (unpaired) electrons. The zero-order chi connectivity index (χ0) is 21.8. The number of aryl methyl sites for hydroxylation is 1. The molecule has 3 aromatic carbocycles. The van der Waals surface area contributed by atoms with E-state index in [9.17, 15) is 9.59 Å². The molecule has 4 rings (SSSR count). The summed E-state index contributed by atoms with van der Waals surface area (Å²) in [5, 5.41) is 3.34. The first kappa shape index (κ1) is 20.2. The van der Waals surface area contributed by atoms with Crippen LogP contribution in [-0.2, 0) is 6.54 Å². The molecule has 0 saturated carbocycles.